The number of nitrogens with two attached hydrogens (primary N) is 1. The molecule has 1 aromatic rings. The van der Waals surface area contributed by atoms with Crippen molar-refractivity contribution in [1.29, 1.82) is 0 Å². The van der Waals surface area contributed by atoms with Crippen LogP contribution in [0.3, 0.4) is 0 Å². The number of aliphatic hydroxyl groups excluding tert-OH is 2. The number of hydrogen-bond donors (Lipinski definition) is 6. The van der Waals surface area contributed by atoms with Gasteiger partial charge < -0.3 is 31.5 Å². The second-order valence-corrected chi connectivity index (χ2v) is 10.1. The molecule has 4 atom stereocenters. The lowest BCUT2D eigenvalue weighted by Crippen LogP contribution is -2.65. The van der Waals surface area contributed by atoms with Crippen LogP contribution < -0.4 is 11.1 Å². The molecule has 1 aromatic carbocycles. The van der Waals surface area contributed by atoms with E-state index in [0.29, 0.717) is 12.1 Å². The van der Waals surface area contributed by atoms with E-state index in [9.17, 15) is 34.8 Å². The average molecular weight is 486 g/mol. The number of hydrogen-bond acceptors (Lipinski definition) is 9. The number of nitrogens with one attached hydrogen (secondary N) is 1. The van der Waals surface area contributed by atoms with Crippen molar-refractivity contribution in [3.05, 3.63) is 45.7 Å². The van der Waals surface area contributed by atoms with E-state index in [2.05, 4.69) is 5.32 Å². The van der Waals surface area contributed by atoms with Gasteiger partial charge in [0.1, 0.15) is 22.8 Å². The normalized spacial score (nSPS) is 28.4. The number of carbonyl (C=O) groups is 3. The first-order valence-corrected chi connectivity index (χ1v) is 11.5. The summed E-state index contributed by atoms with van der Waals surface area (Å²) in [4.78, 5) is 40.4. The van der Waals surface area contributed by atoms with Crippen molar-refractivity contribution in [2.75, 3.05) is 14.1 Å². The lowest BCUT2D eigenvalue weighted by molar-refractivity contribution is -0.153. The Labute approximate surface area is 202 Å². The summed E-state index contributed by atoms with van der Waals surface area (Å²) in [5, 5.41) is 47.5. The molecule has 3 aliphatic rings. The molecule has 35 heavy (non-hydrogen) atoms. The molecular weight excluding hydrogens is 454 g/mol. The first-order chi connectivity index (χ1) is 16.3. The first kappa shape index (κ1) is 24.9. The summed E-state index contributed by atoms with van der Waals surface area (Å²) in [5.41, 5.74) is 3.34. The molecule has 1 fully saturated rings. The van der Waals surface area contributed by atoms with Gasteiger partial charge in [0.05, 0.1) is 11.6 Å². The van der Waals surface area contributed by atoms with Crippen LogP contribution in [0.15, 0.2) is 29.0 Å². The Morgan fingerprint density at radius 1 is 1.23 bits per heavy atom. The second kappa shape index (κ2) is 8.47. The van der Waals surface area contributed by atoms with Crippen molar-refractivity contribution in [2.24, 2.45) is 17.6 Å². The van der Waals surface area contributed by atoms with Gasteiger partial charge in [0.15, 0.2) is 11.4 Å². The molecule has 3 aliphatic carbocycles. The summed E-state index contributed by atoms with van der Waals surface area (Å²) in [7, 11) is 3.14. The number of carbonyl (C=O) groups excluding carboxylic acids is 3. The fourth-order valence-corrected chi connectivity index (χ4v) is 5.79. The summed E-state index contributed by atoms with van der Waals surface area (Å²) in [6, 6.07) is 2.28. The van der Waals surface area contributed by atoms with Gasteiger partial charge in [-0.1, -0.05) is 19.9 Å². The molecular formula is C25H31N3O7. The topological polar surface area (TPSA) is 173 Å². The van der Waals surface area contributed by atoms with E-state index in [4.69, 9.17) is 5.73 Å². The lowest BCUT2D eigenvalue weighted by Gasteiger charge is -2.50. The van der Waals surface area contributed by atoms with Crippen LogP contribution in [0.25, 0.3) is 5.76 Å². The average Bonchev–Trinajstić information content (AvgIpc) is 2.75. The highest BCUT2D eigenvalue weighted by atomic mass is 16.3. The standard InChI is InChI=1S/C25H31N3O7/c1-10(2)27-9-11-5-6-15(29)17-13(11)7-12-8-14-19(28(3)4)21(31)18(24(26)34)23(33)25(14,35)22(32)16(12)20(17)30/h5-6,10,12,14,19,27,29-30,33,35H,7-9H2,1-4H3,(H2,26,34)/t12-,14-,19-,25-/m1/s1. The smallest absolute Gasteiger partial charge is 0.255 e. The number of primary amides is 1. The van der Waals surface area contributed by atoms with E-state index >= 15 is 0 Å². The first-order valence-electron chi connectivity index (χ1n) is 11.5. The molecule has 10 heteroatoms. The van der Waals surface area contributed by atoms with Gasteiger partial charge in [-0.15, -0.1) is 0 Å². The molecule has 0 spiro atoms. The van der Waals surface area contributed by atoms with E-state index in [1.807, 2.05) is 13.8 Å². The highest BCUT2D eigenvalue weighted by Crippen LogP contribution is 2.52. The number of nitrogens with zero attached hydrogens (tertiary/aromatic N) is 1. The Bertz CT molecular complexity index is 1200. The maximum Gasteiger partial charge on any atom is 0.255 e. The summed E-state index contributed by atoms with van der Waals surface area (Å²) in [6.45, 7) is 4.46. The number of ketones is 2. The summed E-state index contributed by atoms with van der Waals surface area (Å²) >= 11 is 0. The number of phenols is 1. The van der Waals surface area contributed by atoms with E-state index in [0.717, 1.165) is 5.56 Å². The van der Waals surface area contributed by atoms with Gasteiger partial charge in [-0.25, -0.2) is 0 Å². The maximum absolute atomic E-state index is 13.8. The van der Waals surface area contributed by atoms with Crippen molar-refractivity contribution in [3.63, 3.8) is 0 Å². The van der Waals surface area contributed by atoms with Crippen molar-refractivity contribution < 1.29 is 34.8 Å². The Morgan fingerprint density at radius 2 is 1.89 bits per heavy atom. The van der Waals surface area contributed by atoms with Gasteiger partial charge in [0.2, 0.25) is 5.78 Å². The molecule has 10 nitrogen and oxygen atoms in total. The molecule has 7 N–H and O–H groups in total. The molecule has 0 radical (unpaired) electrons. The van der Waals surface area contributed by atoms with E-state index < -0.39 is 58.0 Å². The number of Topliss-reactive ketones (excluding diaryl/α,β-unsaturated/α-hetero) is 2. The number of amides is 1. The van der Waals surface area contributed by atoms with E-state index in [1.54, 1.807) is 20.2 Å². The van der Waals surface area contributed by atoms with Crippen molar-refractivity contribution >= 4 is 23.2 Å². The molecule has 0 heterocycles. The third-order valence-corrected chi connectivity index (χ3v) is 7.40. The van der Waals surface area contributed by atoms with Gasteiger partial charge in [-0.2, -0.15) is 0 Å². The molecule has 0 saturated heterocycles. The maximum atomic E-state index is 13.8. The van der Waals surface area contributed by atoms with Crippen LogP contribution in [-0.4, -0.2) is 74.6 Å². The zero-order chi connectivity index (χ0) is 26.0. The minimum atomic E-state index is -2.63. The predicted molar refractivity (Wildman–Crippen MR) is 126 cm³/mol. The number of aromatic hydroxyl groups is 1. The Hall–Kier alpha value is -3.21. The number of aliphatic hydroxyl groups is 3. The van der Waals surface area contributed by atoms with Crippen molar-refractivity contribution in [3.8, 4) is 5.75 Å². The molecule has 4 rings (SSSR count). The van der Waals surface area contributed by atoms with Gasteiger partial charge in [0, 0.05) is 24.1 Å². The number of benzene rings is 1. The van der Waals surface area contributed by atoms with Crippen LogP contribution in [-0.2, 0) is 27.3 Å². The van der Waals surface area contributed by atoms with Gasteiger partial charge in [0.25, 0.3) is 5.91 Å². The van der Waals surface area contributed by atoms with Crippen LogP contribution in [0.5, 0.6) is 5.75 Å². The van der Waals surface area contributed by atoms with Crippen LogP contribution in [0.4, 0.5) is 0 Å². The zero-order valence-electron chi connectivity index (χ0n) is 20.1. The number of fused-ring (bicyclic) bond motifs is 3. The van der Waals surface area contributed by atoms with Crippen molar-refractivity contribution in [1.82, 2.24) is 10.2 Å². The fourth-order valence-electron chi connectivity index (χ4n) is 5.79. The summed E-state index contributed by atoms with van der Waals surface area (Å²) in [6.07, 6.45) is 0.344. The monoisotopic (exact) mass is 485 g/mol. The predicted octanol–water partition coefficient (Wildman–Crippen LogP) is 0.462. The molecule has 1 amide bonds. The van der Waals surface area contributed by atoms with Crippen LogP contribution in [0.1, 0.15) is 37.0 Å². The SMILES string of the molecule is CC(C)NCc1ccc(O)c2c1C[C@@H]1C[C@@H]3[C@@H](N(C)C)C(=O)C(C(N)=O)=C(O)[C@]3(O)C(=O)C1=C2O. The molecule has 0 aromatic heterocycles. The Kier molecular flexibility index (Phi) is 6.03. The van der Waals surface area contributed by atoms with Crippen LogP contribution in [0, 0.1) is 11.8 Å². The number of phenolic OH excluding ortho intramolecular Hbond substituents is 1. The van der Waals surface area contributed by atoms with Gasteiger partial charge in [-0.3, -0.25) is 19.3 Å². The highest BCUT2D eigenvalue weighted by molar-refractivity contribution is 6.24. The molecule has 1 saturated carbocycles. The van der Waals surface area contributed by atoms with Gasteiger partial charge >= 0.3 is 0 Å². The third-order valence-electron chi connectivity index (χ3n) is 7.40. The molecule has 0 unspecified atom stereocenters. The van der Waals surface area contributed by atoms with Crippen molar-refractivity contribution in [2.45, 2.75) is 50.9 Å². The largest absolute Gasteiger partial charge is 0.508 e. The number of rotatable bonds is 5. The minimum absolute atomic E-state index is 0.0679. The third kappa shape index (κ3) is 3.55. The summed E-state index contributed by atoms with van der Waals surface area (Å²) in [5.74, 6) is -6.50. The molecule has 0 aliphatic heterocycles. The highest BCUT2D eigenvalue weighted by Gasteiger charge is 2.64. The quantitative estimate of drug-likeness (QED) is 0.324. The van der Waals surface area contributed by atoms with Crippen LogP contribution in [0.2, 0.25) is 0 Å². The Balaban J connectivity index is 1.92. The molecule has 0 bridgehead atoms. The zero-order valence-corrected chi connectivity index (χ0v) is 20.1. The van der Waals surface area contributed by atoms with Gasteiger partial charge in [-0.05, 0) is 50.0 Å². The fraction of sp³-hybridized carbons (Fsp3) is 0.480. The second-order valence-electron chi connectivity index (χ2n) is 10.1. The Morgan fingerprint density at radius 3 is 2.46 bits per heavy atom. The molecule has 188 valence electrons. The van der Waals surface area contributed by atoms with E-state index in [1.165, 1.54) is 11.0 Å². The summed E-state index contributed by atoms with van der Waals surface area (Å²) < 4.78 is 0. The lowest BCUT2D eigenvalue weighted by atomic mass is 9.57. The number of likely N-dealkylation sites (N-methyl/N-ethyl adjacent to an activating group) is 1. The minimum Gasteiger partial charge on any atom is -0.508 e. The van der Waals surface area contributed by atoms with E-state index in [-0.39, 0.29) is 35.8 Å². The van der Waals surface area contributed by atoms with Crippen LogP contribution >= 0.6 is 0 Å².